The molecule has 0 bridgehead atoms. The molecule has 0 radical (unpaired) electrons. The number of benzene rings is 1. The molecule has 0 aliphatic rings. The quantitative estimate of drug-likeness (QED) is 0.722. The molecule has 1 aromatic carbocycles. The predicted molar refractivity (Wildman–Crippen MR) is 90.8 cm³/mol. The van der Waals surface area contributed by atoms with Gasteiger partial charge in [0.15, 0.2) is 0 Å². The lowest BCUT2D eigenvalue weighted by Crippen LogP contribution is -2.14. The van der Waals surface area contributed by atoms with E-state index in [0.717, 1.165) is 17.4 Å². The Kier molecular flexibility index (Phi) is 4.55. The van der Waals surface area contributed by atoms with E-state index >= 15 is 0 Å². The number of alkyl halides is 3. The number of amides is 1. The molecule has 0 fully saturated rings. The van der Waals surface area contributed by atoms with Gasteiger partial charge in [0.1, 0.15) is 27.7 Å². The third-order valence-electron chi connectivity index (χ3n) is 3.68. The Labute approximate surface area is 149 Å². The van der Waals surface area contributed by atoms with Gasteiger partial charge in [0.2, 0.25) is 0 Å². The first-order chi connectivity index (χ1) is 12.3. The number of ether oxygens (including phenoxy) is 1. The van der Waals surface area contributed by atoms with Crippen LogP contribution in [0.2, 0.25) is 0 Å². The Morgan fingerprint density at radius 3 is 2.50 bits per heavy atom. The Balaban J connectivity index is 2.26. The summed E-state index contributed by atoms with van der Waals surface area (Å²) in [6.45, 7) is 0.0699. The molecule has 2 aromatic heterocycles. The fraction of sp³-hybridized carbons (Fsp3) is 0.188. The zero-order chi connectivity index (χ0) is 19.1. The number of fused-ring (bicyclic) bond motifs is 1. The maximum atomic E-state index is 13.0. The van der Waals surface area contributed by atoms with Crippen LogP contribution in [0.4, 0.5) is 13.2 Å². The monoisotopic (exact) mass is 382 g/mol. The molecule has 26 heavy (non-hydrogen) atoms. The van der Waals surface area contributed by atoms with Gasteiger partial charge in [-0.05, 0) is 24.3 Å². The summed E-state index contributed by atoms with van der Waals surface area (Å²) in [6, 6.07) is 5.33. The molecular weight excluding hydrogens is 369 g/mol. The third kappa shape index (κ3) is 3.08. The summed E-state index contributed by atoms with van der Waals surface area (Å²) in [6.07, 6.45) is -4.58. The first-order valence-corrected chi connectivity index (χ1v) is 8.12. The van der Waals surface area contributed by atoms with Crippen LogP contribution in [0, 0.1) is 0 Å². The van der Waals surface area contributed by atoms with Gasteiger partial charge in [-0.25, -0.2) is 9.97 Å². The van der Waals surface area contributed by atoms with Crippen molar-refractivity contribution in [3.05, 3.63) is 40.5 Å². The summed E-state index contributed by atoms with van der Waals surface area (Å²) in [5.41, 5.74) is 10.5. The molecule has 0 aliphatic heterocycles. The molecule has 0 spiro atoms. The smallest absolute Gasteiger partial charge is 0.433 e. The molecule has 3 rings (SSSR count). The van der Waals surface area contributed by atoms with E-state index in [9.17, 15) is 18.0 Å². The van der Waals surface area contributed by atoms with Crippen LogP contribution in [-0.4, -0.2) is 23.0 Å². The number of carbonyl (C=O) groups excluding carboxylic acids is 1. The van der Waals surface area contributed by atoms with E-state index in [1.807, 2.05) is 0 Å². The van der Waals surface area contributed by atoms with E-state index in [1.54, 1.807) is 6.07 Å². The second-order valence-corrected chi connectivity index (χ2v) is 6.35. The van der Waals surface area contributed by atoms with Gasteiger partial charge in [0, 0.05) is 17.5 Å². The average Bonchev–Trinajstić information content (AvgIpc) is 3.04. The molecule has 3 aromatic rings. The van der Waals surface area contributed by atoms with E-state index in [0.29, 0.717) is 20.8 Å². The largest absolute Gasteiger partial charge is 0.494 e. The maximum absolute atomic E-state index is 13.0. The van der Waals surface area contributed by atoms with Crippen LogP contribution in [0.25, 0.3) is 21.5 Å². The topological polar surface area (TPSA) is 104 Å². The molecule has 6 nitrogen and oxygen atoms in total. The first kappa shape index (κ1) is 18.1. The molecule has 10 heteroatoms. The number of carbonyl (C=O) groups is 1. The van der Waals surface area contributed by atoms with Crippen LogP contribution < -0.4 is 16.2 Å². The van der Waals surface area contributed by atoms with Gasteiger partial charge in [-0.2, -0.15) is 13.2 Å². The summed E-state index contributed by atoms with van der Waals surface area (Å²) in [7, 11) is 1.34. The number of aromatic nitrogens is 2. The van der Waals surface area contributed by atoms with Crippen molar-refractivity contribution < 1.29 is 22.7 Å². The lowest BCUT2D eigenvalue weighted by Gasteiger charge is -2.11. The summed E-state index contributed by atoms with van der Waals surface area (Å²) >= 11 is 1.15. The van der Waals surface area contributed by atoms with Gasteiger partial charge < -0.3 is 16.2 Å². The number of nitrogens with zero attached hydrogens (tertiary/aromatic N) is 2. The van der Waals surface area contributed by atoms with Gasteiger partial charge in [-0.15, -0.1) is 11.3 Å². The van der Waals surface area contributed by atoms with E-state index < -0.39 is 17.8 Å². The fourth-order valence-electron chi connectivity index (χ4n) is 2.50. The molecule has 1 amide bonds. The van der Waals surface area contributed by atoms with Crippen LogP contribution in [-0.2, 0) is 12.7 Å². The maximum Gasteiger partial charge on any atom is 0.433 e. The van der Waals surface area contributed by atoms with Crippen LogP contribution in [0.3, 0.4) is 0 Å². The molecule has 0 aliphatic carbocycles. The zero-order valence-electron chi connectivity index (χ0n) is 13.4. The highest BCUT2D eigenvalue weighted by atomic mass is 32.1. The van der Waals surface area contributed by atoms with Crippen molar-refractivity contribution in [2.45, 2.75) is 12.7 Å². The van der Waals surface area contributed by atoms with E-state index in [2.05, 4.69) is 9.97 Å². The number of hydrogen-bond donors (Lipinski definition) is 2. The van der Waals surface area contributed by atoms with E-state index in [-0.39, 0.29) is 23.5 Å². The van der Waals surface area contributed by atoms with Gasteiger partial charge >= 0.3 is 6.18 Å². The second kappa shape index (κ2) is 6.54. The minimum absolute atomic E-state index is 0.0462. The minimum Gasteiger partial charge on any atom is -0.494 e. The van der Waals surface area contributed by atoms with Crippen LogP contribution in [0.15, 0.2) is 24.3 Å². The van der Waals surface area contributed by atoms with E-state index in [4.69, 9.17) is 16.2 Å². The Morgan fingerprint density at radius 2 is 1.96 bits per heavy atom. The highest BCUT2D eigenvalue weighted by molar-refractivity contribution is 7.15. The highest BCUT2D eigenvalue weighted by Gasteiger charge is 2.33. The summed E-state index contributed by atoms with van der Waals surface area (Å²) in [5.74, 6) is -0.524. The van der Waals surface area contributed by atoms with Crippen molar-refractivity contribution in [1.82, 2.24) is 9.97 Å². The normalized spacial score (nSPS) is 11.7. The molecule has 0 atom stereocenters. The first-order valence-electron chi connectivity index (χ1n) is 7.31. The van der Waals surface area contributed by atoms with Crippen molar-refractivity contribution in [2.24, 2.45) is 11.5 Å². The molecule has 0 saturated heterocycles. The number of halogens is 3. The van der Waals surface area contributed by atoms with E-state index in [1.165, 1.54) is 19.2 Å². The van der Waals surface area contributed by atoms with Crippen LogP contribution >= 0.6 is 11.3 Å². The second-order valence-electron chi connectivity index (χ2n) is 5.26. The summed E-state index contributed by atoms with van der Waals surface area (Å²) in [5, 5.41) is 0.819. The number of rotatable bonds is 4. The standard InChI is InChI=1S/C16H13F3N4O2S/c1-25-9-4-2-8(15-23-13(14(21)24)10(6-20)26-15)7-3-5-11(16(17,18)19)22-12(7)9/h2-5H,6,20H2,1H3,(H2,21,24). The number of nitrogens with two attached hydrogens (primary N) is 2. The number of pyridine rings is 1. The van der Waals surface area contributed by atoms with Crippen LogP contribution in [0.5, 0.6) is 5.75 Å². The molecule has 0 saturated carbocycles. The number of primary amides is 1. The molecular formula is C16H13F3N4O2S. The average molecular weight is 382 g/mol. The molecule has 2 heterocycles. The van der Waals surface area contributed by atoms with Crippen molar-refractivity contribution in [1.29, 1.82) is 0 Å². The Hall–Kier alpha value is -2.72. The van der Waals surface area contributed by atoms with Crippen molar-refractivity contribution in [2.75, 3.05) is 7.11 Å². The Morgan fingerprint density at radius 1 is 1.23 bits per heavy atom. The summed E-state index contributed by atoms with van der Waals surface area (Å²) in [4.78, 5) is 19.9. The van der Waals surface area contributed by atoms with Gasteiger partial charge in [0.25, 0.3) is 5.91 Å². The lowest BCUT2D eigenvalue weighted by molar-refractivity contribution is -0.140. The Bertz CT molecular complexity index is 1000. The lowest BCUT2D eigenvalue weighted by atomic mass is 10.1. The zero-order valence-corrected chi connectivity index (χ0v) is 14.2. The molecule has 136 valence electrons. The van der Waals surface area contributed by atoms with Crippen molar-refractivity contribution >= 4 is 28.1 Å². The van der Waals surface area contributed by atoms with Crippen molar-refractivity contribution in [3.8, 4) is 16.3 Å². The SMILES string of the molecule is COc1ccc(-c2nc(C(N)=O)c(CN)s2)c2ccc(C(F)(F)F)nc12. The number of hydrogen-bond acceptors (Lipinski definition) is 6. The van der Waals surface area contributed by atoms with Gasteiger partial charge in [-0.3, -0.25) is 4.79 Å². The minimum atomic E-state index is -4.58. The van der Waals surface area contributed by atoms with Gasteiger partial charge in [-0.1, -0.05) is 0 Å². The number of thiazole rings is 1. The fourth-order valence-corrected chi connectivity index (χ4v) is 3.48. The summed E-state index contributed by atoms with van der Waals surface area (Å²) < 4.78 is 44.1. The van der Waals surface area contributed by atoms with Gasteiger partial charge in [0.05, 0.1) is 12.0 Å². The molecule has 4 N–H and O–H groups in total. The molecule has 0 unspecified atom stereocenters. The highest BCUT2D eigenvalue weighted by Crippen LogP contribution is 2.38. The number of methoxy groups -OCH3 is 1. The third-order valence-corrected chi connectivity index (χ3v) is 4.79. The predicted octanol–water partition coefficient (Wildman–Crippen LogP) is 2.94. The van der Waals surface area contributed by atoms with Crippen LogP contribution in [0.1, 0.15) is 21.1 Å². The van der Waals surface area contributed by atoms with Crippen molar-refractivity contribution in [3.63, 3.8) is 0 Å².